The minimum Gasteiger partial charge on any atom is -0.508 e. The minimum atomic E-state index is 0.113. The van der Waals surface area contributed by atoms with E-state index in [4.69, 9.17) is 15.1 Å². The van der Waals surface area contributed by atoms with Crippen molar-refractivity contribution >= 4 is 6.21 Å². The van der Waals surface area contributed by atoms with Crippen molar-refractivity contribution in [3.63, 3.8) is 0 Å². The van der Waals surface area contributed by atoms with E-state index >= 15 is 0 Å². The Hall–Kier alpha value is -1.71. The monoisotopic (exact) mass is 167 g/mol. The number of oxime groups is 1. The average molecular weight is 167 g/mol. The number of benzene rings is 1. The molecule has 0 spiro atoms. The number of methoxy groups -OCH3 is 1. The molecule has 64 valence electrons. The fourth-order valence-electron chi connectivity index (χ4n) is 0.869. The second kappa shape index (κ2) is 3.61. The van der Waals surface area contributed by atoms with E-state index in [1.165, 1.54) is 25.5 Å². The molecule has 0 amide bonds. The van der Waals surface area contributed by atoms with Crippen LogP contribution in [0.25, 0.3) is 0 Å². The largest absolute Gasteiger partial charge is 0.508 e. The lowest BCUT2D eigenvalue weighted by Crippen LogP contribution is -1.89. The van der Waals surface area contributed by atoms with Crippen molar-refractivity contribution in [1.29, 1.82) is 0 Å². The van der Waals surface area contributed by atoms with Gasteiger partial charge in [0, 0.05) is 11.6 Å². The molecule has 0 aromatic heterocycles. The predicted octanol–water partition coefficient (Wildman–Crippen LogP) is 1.21. The molecular weight excluding hydrogens is 158 g/mol. The Balaban J connectivity index is 3.10. The highest BCUT2D eigenvalue weighted by Crippen LogP contribution is 2.21. The molecule has 4 heteroatoms. The molecule has 0 saturated carbocycles. The van der Waals surface area contributed by atoms with Crippen LogP contribution in [0.2, 0.25) is 0 Å². The molecule has 1 rings (SSSR count). The highest BCUT2D eigenvalue weighted by Gasteiger charge is 2.00. The molecule has 0 aliphatic carbocycles. The standard InChI is InChI=1S/C8H9NO3/c1-12-8-4-7(10)3-2-6(8)5-9-11/h2-5,10-11H,1H3. The van der Waals surface area contributed by atoms with E-state index in [-0.39, 0.29) is 5.75 Å². The number of rotatable bonds is 2. The van der Waals surface area contributed by atoms with Gasteiger partial charge in [-0.25, -0.2) is 0 Å². The summed E-state index contributed by atoms with van der Waals surface area (Å²) in [4.78, 5) is 0. The lowest BCUT2D eigenvalue weighted by Gasteiger charge is -2.03. The van der Waals surface area contributed by atoms with Crippen molar-refractivity contribution in [2.75, 3.05) is 7.11 Å². The van der Waals surface area contributed by atoms with Crippen LogP contribution in [0, 0.1) is 0 Å². The topological polar surface area (TPSA) is 62.0 Å². The van der Waals surface area contributed by atoms with Crippen LogP contribution in [0.15, 0.2) is 23.4 Å². The summed E-state index contributed by atoms with van der Waals surface area (Å²) in [5, 5.41) is 20.2. The first-order valence-electron chi connectivity index (χ1n) is 3.32. The fourth-order valence-corrected chi connectivity index (χ4v) is 0.869. The highest BCUT2D eigenvalue weighted by atomic mass is 16.5. The van der Waals surface area contributed by atoms with Crippen molar-refractivity contribution in [1.82, 2.24) is 0 Å². The first kappa shape index (κ1) is 8.39. The number of nitrogens with zero attached hydrogens (tertiary/aromatic N) is 1. The summed E-state index contributed by atoms with van der Waals surface area (Å²) in [6.07, 6.45) is 1.23. The molecule has 0 radical (unpaired) electrons. The van der Waals surface area contributed by atoms with E-state index in [0.717, 1.165) is 0 Å². The summed E-state index contributed by atoms with van der Waals surface area (Å²) in [5.74, 6) is 0.578. The molecule has 0 aliphatic rings. The van der Waals surface area contributed by atoms with Crippen molar-refractivity contribution in [3.8, 4) is 11.5 Å². The number of aromatic hydroxyl groups is 1. The van der Waals surface area contributed by atoms with Gasteiger partial charge in [-0.05, 0) is 12.1 Å². The molecule has 1 aromatic rings. The number of hydrogen-bond acceptors (Lipinski definition) is 4. The fraction of sp³-hybridized carbons (Fsp3) is 0.125. The molecule has 0 heterocycles. The second-order valence-electron chi connectivity index (χ2n) is 2.17. The number of ether oxygens (including phenoxy) is 1. The summed E-state index contributed by atoms with van der Waals surface area (Å²) >= 11 is 0. The zero-order chi connectivity index (χ0) is 8.97. The number of phenols is 1. The molecule has 1 aromatic carbocycles. The molecule has 4 nitrogen and oxygen atoms in total. The van der Waals surface area contributed by atoms with Gasteiger partial charge < -0.3 is 15.1 Å². The number of phenolic OH excluding ortho intramolecular Hbond substituents is 1. The predicted molar refractivity (Wildman–Crippen MR) is 44.0 cm³/mol. The van der Waals surface area contributed by atoms with Crippen LogP contribution in [0.5, 0.6) is 11.5 Å². The van der Waals surface area contributed by atoms with Crippen LogP contribution in [-0.2, 0) is 0 Å². The Morgan fingerprint density at radius 3 is 2.83 bits per heavy atom. The van der Waals surface area contributed by atoms with E-state index in [0.29, 0.717) is 11.3 Å². The Morgan fingerprint density at radius 1 is 1.50 bits per heavy atom. The molecule has 0 bridgehead atoms. The van der Waals surface area contributed by atoms with Crippen LogP contribution in [-0.4, -0.2) is 23.6 Å². The molecule has 0 atom stereocenters. The Kier molecular flexibility index (Phi) is 2.53. The van der Waals surface area contributed by atoms with Gasteiger partial charge in [-0.3, -0.25) is 0 Å². The van der Waals surface area contributed by atoms with E-state index in [2.05, 4.69) is 5.16 Å². The van der Waals surface area contributed by atoms with Gasteiger partial charge in [-0.1, -0.05) is 5.16 Å². The molecular formula is C8H9NO3. The van der Waals surface area contributed by atoms with E-state index < -0.39 is 0 Å². The molecule has 0 unspecified atom stereocenters. The first-order valence-corrected chi connectivity index (χ1v) is 3.32. The van der Waals surface area contributed by atoms with Gasteiger partial charge in [0.2, 0.25) is 0 Å². The van der Waals surface area contributed by atoms with Crippen molar-refractivity contribution < 1.29 is 15.1 Å². The van der Waals surface area contributed by atoms with Gasteiger partial charge >= 0.3 is 0 Å². The van der Waals surface area contributed by atoms with Crippen LogP contribution in [0.3, 0.4) is 0 Å². The Labute approximate surface area is 69.7 Å². The molecule has 2 N–H and O–H groups in total. The Bertz CT molecular complexity index is 296. The van der Waals surface area contributed by atoms with Gasteiger partial charge in [0.1, 0.15) is 11.5 Å². The van der Waals surface area contributed by atoms with Gasteiger partial charge in [0.05, 0.1) is 13.3 Å². The van der Waals surface area contributed by atoms with Crippen molar-refractivity contribution in [3.05, 3.63) is 23.8 Å². The summed E-state index contributed by atoms with van der Waals surface area (Å²) in [5.41, 5.74) is 0.609. The smallest absolute Gasteiger partial charge is 0.131 e. The maximum absolute atomic E-state index is 9.05. The maximum atomic E-state index is 9.05. The zero-order valence-electron chi connectivity index (χ0n) is 6.56. The minimum absolute atomic E-state index is 0.113. The summed E-state index contributed by atoms with van der Waals surface area (Å²) < 4.78 is 4.92. The van der Waals surface area contributed by atoms with Crippen LogP contribution in [0.4, 0.5) is 0 Å². The van der Waals surface area contributed by atoms with Crippen LogP contribution < -0.4 is 4.74 Å². The lowest BCUT2D eigenvalue weighted by atomic mass is 10.2. The first-order chi connectivity index (χ1) is 5.77. The maximum Gasteiger partial charge on any atom is 0.131 e. The Morgan fingerprint density at radius 2 is 2.25 bits per heavy atom. The van der Waals surface area contributed by atoms with E-state index in [9.17, 15) is 0 Å². The van der Waals surface area contributed by atoms with Crippen molar-refractivity contribution in [2.45, 2.75) is 0 Å². The van der Waals surface area contributed by atoms with E-state index in [1.807, 2.05) is 0 Å². The van der Waals surface area contributed by atoms with Crippen molar-refractivity contribution in [2.24, 2.45) is 5.16 Å². The molecule has 0 saturated heterocycles. The molecule has 0 fully saturated rings. The normalized spacial score (nSPS) is 10.4. The van der Waals surface area contributed by atoms with Gasteiger partial charge in [-0.15, -0.1) is 0 Å². The summed E-state index contributed by atoms with van der Waals surface area (Å²) in [7, 11) is 1.48. The quantitative estimate of drug-likeness (QED) is 0.395. The third-order valence-corrected chi connectivity index (χ3v) is 1.41. The van der Waals surface area contributed by atoms with Gasteiger partial charge in [0.15, 0.2) is 0 Å². The van der Waals surface area contributed by atoms with Gasteiger partial charge in [0.25, 0.3) is 0 Å². The van der Waals surface area contributed by atoms with Crippen LogP contribution >= 0.6 is 0 Å². The van der Waals surface area contributed by atoms with Gasteiger partial charge in [-0.2, -0.15) is 0 Å². The third-order valence-electron chi connectivity index (χ3n) is 1.41. The third kappa shape index (κ3) is 1.66. The molecule has 12 heavy (non-hydrogen) atoms. The SMILES string of the molecule is COc1cc(O)ccc1C=NO. The summed E-state index contributed by atoms with van der Waals surface area (Å²) in [6, 6.07) is 4.52. The average Bonchev–Trinajstić information content (AvgIpc) is 2.08. The second-order valence-corrected chi connectivity index (χ2v) is 2.17. The summed E-state index contributed by atoms with van der Waals surface area (Å²) in [6.45, 7) is 0. The number of hydrogen-bond donors (Lipinski definition) is 2. The van der Waals surface area contributed by atoms with E-state index in [1.54, 1.807) is 6.07 Å². The highest BCUT2D eigenvalue weighted by molar-refractivity contribution is 5.83. The lowest BCUT2D eigenvalue weighted by molar-refractivity contribution is 0.321. The molecule has 0 aliphatic heterocycles. The van der Waals surface area contributed by atoms with Crippen LogP contribution in [0.1, 0.15) is 5.56 Å². The zero-order valence-corrected chi connectivity index (χ0v) is 6.56.